The first-order valence-corrected chi connectivity index (χ1v) is 10.8. The zero-order valence-corrected chi connectivity index (χ0v) is 15.3. The van der Waals surface area contributed by atoms with Crippen molar-refractivity contribution in [2.75, 3.05) is 18.1 Å². The van der Waals surface area contributed by atoms with Crippen LogP contribution in [-0.2, 0) is 19.9 Å². The third kappa shape index (κ3) is 3.61. The third-order valence-corrected chi connectivity index (χ3v) is 8.16. The van der Waals surface area contributed by atoms with Gasteiger partial charge in [-0.3, -0.25) is 0 Å². The van der Waals surface area contributed by atoms with Crippen molar-refractivity contribution in [2.24, 2.45) is 0 Å². The molecule has 0 aliphatic carbocycles. The van der Waals surface area contributed by atoms with Gasteiger partial charge in [-0.1, -0.05) is 34.5 Å². The molecule has 0 amide bonds. The van der Waals surface area contributed by atoms with Crippen molar-refractivity contribution in [1.29, 1.82) is 0 Å². The molecule has 0 spiro atoms. The second-order valence-electron chi connectivity index (χ2n) is 4.84. The standard InChI is InChI=1S/C12H15BrClNO4S2/c1-2-15(10-5-6-20(16,17)8-10)21(18,19)12-4-3-9(13)7-11(12)14/h3-4,7,10H,2,5-6,8H2,1H3/t10-/m0/s1. The predicted octanol–water partition coefficient (Wildman–Crippen LogP) is 2.30. The van der Waals surface area contributed by atoms with E-state index in [0.29, 0.717) is 10.9 Å². The van der Waals surface area contributed by atoms with Gasteiger partial charge in [-0.25, -0.2) is 16.8 Å². The monoisotopic (exact) mass is 415 g/mol. The third-order valence-electron chi connectivity index (χ3n) is 3.41. The molecule has 2 rings (SSSR count). The van der Waals surface area contributed by atoms with E-state index < -0.39 is 25.9 Å². The molecule has 1 aliphatic rings. The summed E-state index contributed by atoms with van der Waals surface area (Å²) in [4.78, 5) is -0.00138. The summed E-state index contributed by atoms with van der Waals surface area (Å²) in [6.45, 7) is 1.89. The van der Waals surface area contributed by atoms with Crippen molar-refractivity contribution in [3.8, 4) is 0 Å². The van der Waals surface area contributed by atoms with E-state index in [-0.39, 0.29) is 28.0 Å². The van der Waals surface area contributed by atoms with Gasteiger partial charge in [0.05, 0.1) is 16.5 Å². The summed E-state index contributed by atoms with van der Waals surface area (Å²) < 4.78 is 50.5. The minimum Gasteiger partial charge on any atom is -0.229 e. The SMILES string of the molecule is CCN([C@H]1CCS(=O)(=O)C1)S(=O)(=O)c1ccc(Br)cc1Cl. The lowest BCUT2D eigenvalue weighted by molar-refractivity contribution is 0.354. The molecule has 1 heterocycles. The van der Waals surface area contributed by atoms with Crippen LogP contribution in [0.2, 0.25) is 5.02 Å². The molecule has 1 fully saturated rings. The number of nitrogens with zero attached hydrogens (tertiary/aromatic N) is 1. The average Bonchev–Trinajstić information content (AvgIpc) is 2.69. The first-order valence-electron chi connectivity index (χ1n) is 6.34. The highest BCUT2D eigenvalue weighted by molar-refractivity contribution is 9.10. The van der Waals surface area contributed by atoms with Crippen LogP contribution < -0.4 is 0 Å². The summed E-state index contributed by atoms with van der Waals surface area (Å²) in [7, 11) is -6.97. The van der Waals surface area contributed by atoms with Gasteiger partial charge in [0, 0.05) is 17.1 Å². The lowest BCUT2D eigenvalue weighted by atomic mass is 10.3. The van der Waals surface area contributed by atoms with Gasteiger partial charge in [0.2, 0.25) is 10.0 Å². The van der Waals surface area contributed by atoms with Crippen molar-refractivity contribution in [1.82, 2.24) is 4.31 Å². The maximum absolute atomic E-state index is 12.7. The van der Waals surface area contributed by atoms with Crippen LogP contribution in [0.15, 0.2) is 27.6 Å². The number of sulfonamides is 1. The van der Waals surface area contributed by atoms with E-state index in [1.807, 2.05) is 0 Å². The van der Waals surface area contributed by atoms with Gasteiger partial charge in [-0.15, -0.1) is 0 Å². The van der Waals surface area contributed by atoms with Crippen molar-refractivity contribution in [2.45, 2.75) is 24.3 Å². The van der Waals surface area contributed by atoms with E-state index in [0.717, 1.165) is 0 Å². The molecule has 0 bridgehead atoms. The minimum atomic E-state index is -3.82. The Balaban J connectivity index is 2.41. The molecule has 0 aromatic heterocycles. The largest absolute Gasteiger partial charge is 0.244 e. The van der Waals surface area contributed by atoms with E-state index in [4.69, 9.17) is 11.6 Å². The number of hydrogen-bond donors (Lipinski definition) is 0. The molecule has 1 aromatic rings. The summed E-state index contributed by atoms with van der Waals surface area (Å²) in [5.74, 6) is -0.105. The smallest absolute Gasteiger partial charge is 0.229 e. The van der Waals surface area contributed by atoms with Crippen LogP contribution in [0.4, 0.5) is 0 Å². The number of hydrogen-bond acceptors (Lipinski definition) is 4. The highest BCUT2D eigenvalue weighted by atomic mass is 79.9. The van der Waals surface area contributed by atoms with Crippen molar-refractivity contribution in [3.05, 3.63) is 27.7 Å². The molecule has 1 atom stereocenters. The second kappa shape index (κ2) is 6.16. The first-order chi connectivity index (χ1) is 9.67. The minimum absolute atomic E-state index is 0.00138. The van der Waals surface area contributed by atoms with Gasteiger partial charge < -0.3 is 0 Å². The first kappa shape index (κ1) is 17.2. The Kier molecular flexibility index (Phi) is 5.04. The Morgan fingerprint density at radius 1 is 1.43 bits per heavy atom. The molecule has 0 N–H and O–H groups in total. The molecular weight excluding hydrogens is 402 g/mol. The van der Waals surface area contributed by atoms with Gasteiger partial charge >= 0.3 is 0 Å². The van der Waals surface area contributed by atoms with Crippen LogP contribution in [-0.4, -0.2) is 45.2 Å². The topological polar surface area (TPSA) is 71.5 Å². The molecule has 0 unspecified atom stereocenters. The molecule has 0 saturated carbocycles. The van der Waals surface area contributed by atoms with Crippen LogP contribution in [0.25, 0.3) is 0 Å². The molecule has 1 aromatic carbocycles. The fourth-order valence-corrected chi connectivity index (χ4v) is 6.94. The zero-order chi connectivity index (χ0) is 15.8. The summed E-state index contributed by atoms with van der Waals surface area (Å²) in [5, 5.41) is 0.115. The highest BCUT2D eigenvalue weighted by Crippen LogP contribution is 2.30. The Hall–Kier alpha value is -0.150. The normalized spacial score (nSPS) is 21.8. The summed E-state index contributed by atoms with van der Waals surface area (Å²) in [6, 6.07) is 4.00. The lowest BCUT2D eigenvalue weighted by Crippen LogP contribution is -2.41. The molecule has 1 saturated heterocycles. The number of benzene rings is 1. The Labute approximate surface area is 138 Å². The van der Waals surface area contributed by atoms with Gasteiger partial charge in [-0.2, -0.15) is 4.31 Å². The molecule has 118 valence electrons. The zero-order valence-electron chi connectivity index (χ0n) is 11.3. The van der Waals surface area contributed by atoms with Crippen LogP contribution in [0.1, 0.15) is 13.3 Å². The Morgan fingerprint density at radius 3 is 2.57 bits per heavy atom. The molecule has 5 nitrogen and oxygen atoms in total. The number of halogens is 2. The molecular formula is C12H15BrClNO4S2. The lowest BCUT2D eigenvalue weighted by Gasteiger charge is -2.26. The Bertz CT molecular complexity index is 749. The highest BCUT2D eigenvalue weighted by Gasteiger charge is 2.38. The van der Waals surface area contributed by atoms with Gasteiger partial charge in [0.25, 0.3) is 0 Å². The van der Waals surface area contributed by atoms with Gasteiger partial charge in [0.15, 0.2) is 9.84 Å². The van der Waals surface area contributed by atoms with Gasteiger partial charge in [-0.05, 0) is 24.6 Å². The van der Waals surface area contributed by atoms with E-state index in [2.05, 4.69) is 15.9 Å². The van der Waals surface area contributed by atoms with Crippen molar-refractivity contribution in [3.63, 3.8) is 0 Å². The molecule has 9 heteroatoms. The van der Waals surface area contributed by atoms with Crippen molar-refractivity contribution >= 4 is 47.4 Å². The van der Waals surface area contributed by atoms with Crippen LogP contribution in [0.3, 0.4) is 0 Å². The van der Waals surface area contributed by atoms with Crippen LogP contribution in [0, 0.1) is 0 Å². The average molecular weight is 417 g/mol. The second-order valence-corrected chi connectivity index (χ2v) is 10.3. The fraction of sp³-hybridized carbons (Fsp3) is 0.500. The fourth-order valence-electron chi connectivity index (χ4n) is 2.44. The van der Waals surface area contributed by atoms with E-state index in [9.17, 15) is 16.8 Å². The van der Waals surface area contributed by atoms with E-state index in [1.165, 1.54) is 16.4 Å². The quantitative estimate of drug-likeness (QED) is 0.755. The Morgan fingerprint density at radius 2 is 2.10 bits per heavy atom. The molecule has 21 heavy (non-hydrogen) atoms. The molecule has 1 aliphatic heterocycles. The van der Waals surface area contributed by atoms with E-state index in [1.54, 1.807) is 13.0 Å². The van der Waals surface area contributed by atoms with Crippen LogP contribution in [0.5, 0.6) is 0 Å². The predicted molar refractivity (Wildman–Crippen MR) is 85.8 cm³/mol. The van der Waals surface area contributed by atoms with E-state index >= 15 is 0 Å². The maximum atomic E-state index is 12.7. The van der Waals surface area contributed by atoms with Crippen molar-refractivity contribution < 1.29 is 16.8 Å². The van der Waals surface area contributed by atoms with Crippen LogP contribution >= 0.6 is 27.5 Å². The molecule has 0 radical (unpaired) electrons. The summed E-state index contributed by atoms with van der Waals surface area (Å²) in [6.07, 6.45) is 0.323. The summed E-state index contributed by atoms with van der Waals surface area (Å²) >= 11 is 9.25. The number of sulfone groups is 1. The van der Waals surface area contributed by atoms with Gasteiger partial charge in [0.1, 0.15) is 4.90 Å². The summed E-state index contributed by atoms with van der Waals surface area (Å²) in [5.41, 5.74) is 0. The number of rotatable bonds is 4. The maximum Gasteiger partial charge on any atom is 0.244 e.